The minimum absolute atomic E-state index is 0.446. The molecule has 1 aliphatic rings. The van der Waals surface area contributed by atoms with Crippen LogP contribution >= 0.6 is 11.3 Å². The van der Waals surface area contributed by atoms with E-state index in [4.69, 9.17) is 9.40 Å². The SMILES string of the molecule is c1ccc2oc(C[NH+]3CCCC[C@@H]3c3nc4ccccc4s3)nc2c1. The maximum Gasteiger partial charge on any atom is 0.251 e. The highest BCUT2D eigenvalue weighted by molar-refractivity contribution is 7.18. The zero-order chi connectivity index (χ0) is 16.6. The summed E-state index contributed by atoms with van der Waals surface area (Å²) >= 11 is 1.84. The van der Waals surface area contributed by atoms with E-state index in [2.05, 4.69) is 29.2 Å². The fraction of sp³-hybridized carbons (Fsp3) is 0.300. The highest BCUT2D eigenvalue weighted by atomic mass is 32.1. The van der Waals surface area contributed by atoms with Gasteiger partial charge in [-0.25, -0.2) is 9.97 Å². The lowest BCUT2D eigenvalue weighted by Crippen LogP contribution is -3.11. The topological polar surface area (TPSA) is 43.4 Å². The molecule has 0 aliphatic carbocycles. The molecule has 5 rings (SSSR count). The first-order valence-electron chi connectivity index (χ1n) is 8.91. The Kier molecular flexibility index (Phi) is 3.76. The Morgan fingerprint density at radius 2 is 1.84 bits per heavy atom. The highest BCUT2D eigenvalue weighted by Crippen LogP contribution is 2.29. The molecule has 2 aromatic carbocycles. The second kappa shape index (κ2) is 6.24. The fourth-order valence-electron chi connectivity index (χ4n) is 3.82. The molecular weight excluding hydrogens is 330 g/mol. The average molecular weight is 350 g/mol. The summed E-state index contributed by atoms with van der Waals surface area (Å²) in [6.45, 7) is 1.98. The summed E-state index contributed by atoms with van der Waals surface area (Å²) in [6, 6.07) is 16.9. The number of nitrogens with one attached hydrogen (secondary N) is 1. The molecule has 2 atom stereocenters. The van der Waals surface area contributed by atoms with Gasteiger partial charge in [0.05, 0.1) is 16.8 Å². The maximum absolute atomic E-state index is 5.96. The van der Waals surface area contributed by atoms with E-state index in [0.29, 0.717) is 6.04 Å². The van der Waals surface area contributed by atoms with Crippen LogP contribution in [-0.2, 0) is 6.54 Å². The van der Waals surface area contributed by atoms with Crippen LogP contribution in [0.4, 0.5) is 0 Å². The van der Waals surface area contributed by atoms with Gasteiger partial charge in [0.25, 0.3) is 5.89 Å². The van der Waals surface area contributed by atoms with E-state index >= 15 is 0 Å². The zero-order valence-corrected chi connectivity index (χ0v) is 14.8. The molecule has 0 saturated carbocycles. The van der Waals surface area contributed by atoms with Crippen molar-refractivity contribution in [2.24, 2.45) is 0 Å². The van der Waals surface area contributed by atoms with Crippen LogP contribution in [0.25, 0.3) is 21.3 Å². The Balaban J connectivity index is 1.45. The minimum atomic E-state index is 0.446. The van der Waals surface area contributed by atoms with Crippen LogP contribution in [0.2, 0.25) is 0 Å². The smallest absolute Gasteiger partial charge is 0.251 e. The molecule has 0 bridgehead atoms. The normalized spacial score (nSPS) is 21.1. The monoisotopic (exact) mass is 350 g/mol. The number of piperidine rings is 1. The number of nitrogens with zero attached hydrogens (tertiary/aromatic N) is 2. The van der Waals surface area contributed by atoms with Crippen molar-refractivity contribution in [3.8, 4) is 0 Å². The van der Waals surface area contributed by atoms with E-state index in [1.807, 2.05) is 35.6 Å². The van der Waals surface area contributed by atoms with Crippen LogP contribution in [0.15, 0.2) is 52.9 Å². The summed E-state index contributed by atoms with van der Waals surface area (Å²) < 4.78 is 7.25. The molecule has 25 heavy (non-hydrogen) atoms. The number of likely N-dealkylation sites (tertiary alicyclic amines) is 1. The van der Waals surface area contributed by atoms with Gasteiger partial charge in [-0.2, -0.15) is 0 Å². The van der Waals surface area contributed by atoms with Gasteiger partial charge >= 0.3 is 0 Å². The first-order valence-corrected chi connectivity index (χ1v) is 9.73. The number of rotatable bonds is 3. The fourth-order valence-corrected chi connectivity index (χ4v) is 4.98. The Labute approximate surface area is 150 Å². The molecule has 1 unspecified atom stereocenters. The predicted molar refractivity (Wildman–Crippen MR) is 99.8 cm³/mol. The quantitative estimate of drug-likeness (QED) is 0.612. The van der Waals surface area contributed by atoms with Gasteiger partial charge in [0, 0.05) is 6.42 Å². The van der Waals surface area contributed by atoms with Crippen LogP contribution < -0.4 is 4.90 Å². The summed E-state index contributed by atoms with van der Waals surface area (Å²) in [6.07, 6.45) is 3.73. The highest BCUT2D eigenvalue weighted by Gasteiger charge is 2.31. The molecule has 126 valence electrons. The van der Waals surface area contributed by atoms with Gasteiger partial charge in [-0.1, -0.05) is 24.3 Å². The van der Waals surface area contributed by atoms with Crippen molar-refractivity contribution in [2.45, 2.75) is 31.8 Å². The summed E-state index contributed by atoms with van der Waals surface area (Å²) in [4.78, 5) is 11.1. The average Bonchev–Trinajstić information content (AvgIpc) is 3.25. The Morgan fingerprint density at radius 1 is 1.00 bits per heavy atom. The summed E-state index contributed by atoms with van der Waals surface area (Å²) in [7, 11) is 0. The number of fused-ring (bicyclic) bond motifs is 2. The molecule has 0 radical (unpaired) electrons. The number of aromatic nitrogens is 2. The molecular formula is C20H20N3OS+. The van der Waals surface area contributed by atoms with E-state index in [1.165, 1.54) is 33.9 Å². The lowest BCUT2D eigenvalue weighted by molar-refractivity contribution is -0.951. The van der Waals surface area contributed by atoms with E-state index in [0.717, 1.165) is 35.6 Å². The number of hydrogen-bond acceptors (Lipinski definition) is 4. The molecule has 1 N–H and O–H groups in total. The number of quaternary nitrogens is 1. The van der Waals surface area contributed by atoms with Crippen LogP contribution in [0.1, 0.15) is 36.2 Å². The minimum Gasteiger partial charge on any atom is -0.435 e. The second-order valence-corrected chi connectivity index (χ2v) is 7.79. The second-order valence-electron chi connectivity index (χ2n) is 6.73. The van der Waals surface area contributed by atoms with Crippen molar-refractivity contribution < 1.29 is 9.32 Å². The number of oxazole rings is 1. The molecule has 1 aliphatic heterocycles. The lowest BCUT2D eigenvalue weighted by atomic mass is 10.0. The van der Waals surface area contributed by atoms with Crippen molar-refractivity contribution in [1.82, 2.24) is 9.97 Å². The van der Waals surface area contributed by atoms with Gasteiger partial charge in [0.1, 0.15) is 11.6 Å². The maximum atomic E-state index is 5.96. The van der Waals surface area contributed by atoms with Gasteiger partial charge < -0.3 is 9.32 Å². The molecule has 2 aromatic heterocycles. The first-order chi connectivity index (χ1) is 12.4. The van der Waals surface area contributed by atoms with Gasteiger partial charge in [-0.05, 0) is 37.1 Å². The molecule has 1 saturated heterocycles. The van der Waals surface area contributed by atoms with Crippen molar-refractivity contribution in [3.63, 3.8) is 0 Å². The first kappa shape index (κ1) is 15.0. The van der Waals surface area contributed by atoms with Crippen molar-refractivity contribution in [3.05, 3.63) is 59.4 Å². The van der Waals surface area contributed by atoms with Crippen LogP contribution in [0, 0.1) is 0 Å². The Bertz CT molecular complexity index is 956. The molecule has 4 nitrogen and oxygen atoms in total. The van der Waals surface area contributed by atoms with Gasteiger partial charge in [-0.15, -0.1) is 11.3 Å². The molecule has 0 amide bonds. The van der Waals surface area contributed by atoms with E-state index in [-0.39, 0.29) is 0 Å². The molecule has 1 fully saturated rings. The largest absolute Gasteiger partial charge is 0.435 e. The lowest BCUT2D eigenvalue weighted by Gasteiger charge is -2.30. The summed E-state index contributed by atoms with van der Waals surface area (Å²) in [5.41, 5.74) is 2.95. The van der Waals surface area contributed by atoms with E-state index < -0.39 is 0 Å². The molecule has 0 spiro atoms. The number of thiazole rings is 1. The molecule has 4 aromatic rings. The summed E-state index contributed by atoms with van der Waals surface area (Å²) in [5, 5.41) is 1.26. The number of hydrogen-bond donors (Lipinski definition) is 1. The van der Waals surface area contributed by atoms with Crippen LogP contribution in [0.5, 0.6) is 0 Å². The van der Waals surface area contributed by atoms with E-state index in [9.17, 15) is 0 Å². The van der Waals surface area contributed by atoms with Crippen molar-refractivity contribution >= 4 is 32.7 Å². The third kappa shape index (κ3) is 2.83. The third-order valence-corrected chi connectivity index (χ3v) is 6.21. The van der Waals surface area contributed by atoms with Crippen molar-refractivity contribution in [1.29, 1.82) is 0 Å². The molecule has 5 heteroatoms. The van der Waals surface area contributed by atoms with Gasteiger partial charge in [0.2, 0.25) is 0 Å². The standard InChI is InChI=1S/C20H19N3OS/c1-3-10-17-14(7-1)21-19(24-17)13-23-12-6-5-9-16(23)20-22-15-8-2-4-11-18(15)25-20/h1-4,7-8,10-11,16H,5-6,9,12-13H2/p+1/t16-/m1/s1. The summed E-state index contributed by atoms with van der Waals surface area (Å²) in [5.74, 6) is 0.837. The van der Waals surface area contributed by atoms with Crippen LogP contribution in [0.3, 0.4) is 0 Å². The van der Waals surface area contributed by atoms with Gasteiger partial charge in [0.15, 0.2) is 17.1 Å². The molecule has 3 heterocycles. The van der Waals surface area contributed by atoms with Gasteiger partial charge in [-0.3, -0.25) is 0 Å². The van der Waals surface area contributed by atoms with Crippen LogP contribution in [-0.4, -0.2) is 16.5 Å². The van der Waals surface area contributed by atoms with E-state index in [1.54, 1.807) is 0 Å². The number of benzene rings is 2. The third-order valence-electron chi connectivity index (χ3n) is 5.06. The Hall–Kier alpha value is -2.24. The van der Waals surface area contributed by atoms with Crippen molar-refractivity contribution in [2.75, 3.05) is 6.54 Å². The Morgan fingerprint density at radius 3 is 2.72 bits per heavy atom. The number of para-hydroxylation sites is 3. The zero-order valence-electron chi connectivity index (χ0n) is 13.9. The predicted octanol–water partition coefficient (Wildman–Crippen LogP) is 3.75.